The highest BCUT2D eigenvalue weighted by Crippen LogP contribution is 2.28. The van der Waals surface area contributed by atoms with Gasteiger partial charge in [0.05, 0.1) is 21.2 Å². The molecule has 29 heavy (non-hydrogen) atoms. The number of benzene rings is 3. The van der Waals surface area contributed by atoms with Gasteiger partial charge in [0.25, 0.3) is 20.0 Å². The van der Waals surface area contributed by atoms with E-state index in [1.165, 1.54) is 12.1 Å². The molecule has 6 nitrogen and oxygen atoms in total. The highest BCUT2D eigenvalue weighted by atomic mass is 32.2. The molecule has 3 rings (SSSR count). The summed E-state index contributed by atoms with van der Waals surface area (Å²) in [5.74, 6) is 0. The summed E-state index contributed by atoms with van der Waals surface area (Å²) in [6.07, 6.45) is 0. The third-order valence-corrected chi connectivity index (χ3v) is 7.21. The minimum atomic E-state index is -3.75. The number of hydrogen-bond acceptors (Lipinski definition) is 4. The molecular formula is C21H22N2O4S2. The Morgan fingerprint density at radius 3 is 1.45 bits per heavy atom. The van der Waals surface area contributed by atoms with Crippen LogP contribution in [0, 0.1) is 20.8 Å². The normalized spacial score (nSPS) is 11.8. The fraction of sp³-hybridized carbons (Fsp3) is 0.143. The van der Waals surface area contributed by atoms with Crippen LogP contribution in [-0.2, 0) is 20.0 Å². The van der Waals surface area contributed by atoms with Crippen LogP contribution in [0.25, 0.3) is 0 Å². The van der Waals surface area contributed by atoms with Crippen LogP contribution in [0.15, 0.2) is 76.5 Å². The molecule has 0 unspecified atom stereocenters. The van der Waals surface area contributed by atoms with Crippen molar-refractivity contribution in [1.82, 2.24) is 0 Å². The first-order valence-corrected chi connectivity index (χ1v) is 11.8. The summed E-state index contributed by atoms with van der Waals surface area (Å²) in [5.41, 5.74) is 2.94. The molecule has 2 N–H and O–H groups in total. The zero-order valence-corrected chi connectivity index (χ0v) is 17.9. The quantitative estimate of drug-likeness (QED) is 0.613. The molecule has 0 fully saturated rings. The minimum absolute atomic E-state index is 0.154. The molecule has 0 aliphatic rings. The van der Waals surface area contributed by atoms with E-state index in [9.17, 15) is 16.8 Å². The Balaban J connectivity index is 1.89. The van der Waals surface area contributed by atoms with Crippen LogP contribution in [0.2, 0.25) is 0 Å². The van der Waals surface area contributed by atoms with Gasteiger partial charge in [-0.15, -0.1) is 0 Å². The Kier molecular flexibility index (Phi) is 5.68. The molecule has 0 amide bonds. The highest BCUT2D eigenvalue weighted by molar-refractivity contribution is 7.93. The summed E-state index contributed by atoms with van der Waals surface area (Å²) in [5, 5.41) is 0. The number of anilines is 2. The van der Waals surface area contributed by atoms with Crippen LogP contribution in [-0.4, -0.2) is 16.8 Å². The first-order valence-electron chi connectivity index (χ1n) is 8.87. The number of aryl methyl sites for hydroxylation is 3. The molecule has 0 radical (unpaired) electrons. The van der Waals surface area contributed by atoms with Crippen molar-refractivity contribution in [3.05, 3.63) is 83.4 Å². The molecule has 0 bridgehead atoms. The van der Waals surface area contributed by atoms with Gasteiger partial charge in [0.15, 0.2) is 0 Å². The van der Waals surface area contributed by atoms with Crippen molar-refractivity contribution in [3.8, 4) is 0 Å². The number of sulfonamides is 2. The van der Waals surface area contributed by atoms with Gasteiger partial charge in [-0.3, -0.25) is 9.44 Å². The second-order valence-electron chi connectivity index (χ2n) is 6.82. The molecule has 0 aromatic heterocycles. The van der Waals surface area contributed by atoms with Gasteiger partial charge >= 0.3 is 0 Å². The topological polar surface area (TPSA) is 92.3 Å². The van der Waals surface area contributed by atoms with Crippen molar-refractivity contribution < 1.29 is 16.8 Å². The van der Waals surface area contributed by atoms with Crippen LogP contribution in [0.1, 0.15) is 16.7 Å². The van der Waals surface area contributed by atoms with E-state index in [2.05, 4.69) is 9.44 Å². The molecule has 152 valence electrons. The summed E-state index contributed by atoms with van der Waals surface area (Å²) < 4.78 is 55.6. The average molecular weight is 431 g/mol. The lowest BCUT2D eigenvalue weighted by Gasteiger charge is -2.16. The molecule has 0 heterocycles. The smallest absolute Gasteiger partial charge is 0.261 e. The van der Waals surface area contributed by atoms with Crippen LogP contribution >= 0.6 is 0 Å². The molecule has 0 saturated heterocycles. The van der Waals surface area contributed by atoms with Crippen LogP contribution < -0.4 is 9.44 Å². The summed E-state index contributed by atoms with van der Waals surface area (Å²) in [4.78, 5) is 0.315. The second-order valence-corrected chi connectivity index (χ2v) is 10.2. The molecule has 8 heteroatoms. The van der Waals surface area contributed by atoms with Gasteiger partial charge in [-0.1, -0.05) is 35.9 Å². The third-order valence-electron chi connectivity index (χ3n) is 4.44. The average Bonchev–Trinajstić information content (AvgIpc) is 2.66. The molecule has 0 atom stereocenters. The predicted octanol–water partition coefficient (Wildman–Crippen LogP) is 4.21. The van der Waals surface area contributed by atoms with E-state index < -0.39 is 20.0 Å². The Hall–Kier alpha value is -2.84. The van der Waals surface area contributed by atoms with Crippen molar-refractivity contribution in [2.24, 2.45) is 0 Å². The number of hydrogen-bond donors (Lipinski definition) is 2. The molecular weight excluding hydrogens is 408 g/mol. The summed E-state index contributed by atoms with van der Waals surface area (Å²) in [7, 11) is -7.49. The van der Waals surface area contributed by atoms with Crippen LogP contribution in [0.5, 0.6) is 0 Å². The summed E-state index contributed by atoms with van der Waals surface area (Å²) >= 11 is 0. The maximum Gasteiger partial charge on any atom is 0.261 e. The number of nitrogens with one attached hydrogen (secondary N) is 2. The standard InChI is InChI=1S/C21H22N2O4S2/c1-15-9-11-19(12-10-15)29(26,27)23-21-14-16(2)20(13-17(21)3)22-28(24,25)18-7-5-4-6-8-18/h4-14,22-23H,1-3H3. The zero-order chi connectivity index (χ0) is 21.2. The Bertz CT molecular complexity index is 1240. The Morgan fingerprint density at radius 1 is 0.586 bits per heavy atom. The van der Waals surface area contributed by atoms with E-state index in [1.807, 2.05) is 6.92 Å². The van der Waals surface area contributed by atoms with Gasteiger partial charge < -0.3 is 0 Å². The minimum Gasteiger partial charge on any atom is -0.279 e. The van der Waals surface area contributed by atoms with Gasteiger partial charge in [-0.25, -0.2) is 16.8 Å². The van der Waals surface area contributed by atoms with E-state index in [-0.39, 0.29) is 9.79 Å². The van der Waals surface area contributed by atoms with E-state index in [0.29, 0.717) is 22.5 Å². The molecule has 3 aromatic rings. The fourth-order valence-corrected chi connectivity index (χ4v) is 5.02. The van der Waals surface area contributed by atoms with Gasteiger partial charge in [0.2, 0.25) is 0 Å². The van der Waals surface area contributed by atoms with E-state index in [1.54, 1.807) is 68.4 Å². The van der Waals surface area contributed by atoms with Crippen molar-refractivity contribution >= 4 is 31.4 Å². The van der Waals surface area contributed by atoms with Crippen molar-refractivity contribution in [2.45, 2.75) is 30.6 Å². The summed E-state index contributed by atoms with van der Waals surface area (Å²) in [6.45, 7) is 5.31. The fourth-order valence-electron chi connectivity index (χ4n) is 2.76. The van der Waals surface area contributed by atoms with Crippen molar-refractivity contribution in [3.63, 3.8) is 0 Å². The van der Waals surface area contributed by atoms with E-state index in [0.717, 1.165) is 5.56 Å². The van der Waals surface area contributed by atoms with Crippen LogP contribution in [0.3, 0.4) is 0 Å². The predicted molar refractivity (Wildman–Crippen MR) is 115 cm³/mol. The molecule has 0 aliphatic carbocycles. The number of rotatable bonds is 6. The van der Waals surface area contributed by atoms with E-state index >= 15 is 0 Å². The lowest BCUT2D eigenvalue weighted by Crippen LogP contribution is -2.16. The third kappa shape index (κ3) is 4.78. The van der Waals surface area contributed by atoms with Crippen molar-refractivity contribution in [2.75, 3.05) is 9.44 Å². The first-order chi connectivity index (χ1) is 13.6. The van der Waals surface area contributed by atoms with E-state index in [4.69, 9.17) is 0 Å². The van der Waals surface area contributed by atoms with Gasteiger partial charge in [0, 0.05) is 0 Å². The lowest BCUT2D eigenvalue weighted by molar-refractivity contribution is 0.599. The Morgan fingerprint density at radius 2 is 1.00 bits per heavy atom. The lowest BCUT2D eigenvalue weighted by atomic mass is 10.1. The van der Waals surface area contributed by atoms with Crippen LogP contribution in [0.4, 0.5) is 11.4 Å². The van der Waals surface area contributed by atoms with Gasteiger partial charge in [-0.2, -0.15) is 0 Å². The van der Waals surface area contributed by atoms with Crippen molar-refractivity contribution in [1.29, 1.82) is 0 Å². The molecule has 0 spiro atoms. The first kappa shape index (κ1) is 20.9. The monoisotopic (exact) mass is 430 g/mol. The zero-order valence-electron chi connectivity index (χ0n) is 16.3. The van der Waals surface area contributed by atoms with Gasteiger partial charge in [-0.05, 0) is 68.3 Å². The molecule has 3 aromatic carbocycles. The molecule has 0 aliphatic heterocycles. The largest absolute Gasteiger partial charge is 0.279 e. The SMILES string of the molecule is Cc1ccc(S(=O)(=O)Nc2cc(C)c(NS(=O)(=O)c3ccccc3)cc2C)cc1. The Labute approximate surface area is 171 Å². The molecule has 0 saturated carbocycles. The second kappa shape index (κ2) is 7.88. The maximum atomic E-state index is 12.7. The summed E-state index contributed by atoms with van der Waals surface area (Å²) in [6, 6.07) is 17.8. The highest BCUT2D eigenvalue weighted by Gasteiger charge is 2.18. The maximum absolute atomic E-state index is 12.7. The van der Waals surface area contributed by atoms with Gasteiger partial charge in [0.1, 0.15) is 0 Å².